The predicted molar refractivity (Wildman–Crippen MR) is 58.1 cm³/mol. The molecule has 5 heteroatoms. The van der Waals surface area contributed by atoms with Gasteiger partial charge in [0.15, 0.2) is 0 Å². The lowest BCUT2D eigenvalue weighted by Gasteiger charge is -2.03. The second kappa shape index (κ2) is 4.15. The van der Waals surface area contributed by atoms with E-state index in [-0.39, 0.29) is 6.10 Å². The van der Waals surface area contributed by atoms with Crippen LogP contribution < -0.4 is 5.32 Å². The molecule has 1 aromatic heterocycles. The zero-order valence-electron chi connectivity index (χ0n) is 8.61. The van der Waals surface area contributed by atoms with Crippen LogP contribution in [0.4, 0.5) is 0 Å². The smallest absolute Gasteiger partial charge is 0.146 e. The van der Waals surface area contributed by atoms with Crippen LogP contribution in [0.2, 0.25) is 0 Å². The Labute approximate surface area is 93.1 Å². The van der Waals surface area contributed by atoms with E-state index in [9.17, 15) is 0 Å². The van der Waals surface area contributed by atoms with Gasteiger partial charge >= 0.3 is 0 Å². The summed E-state index contributed by atoms with van der Waals surface area (Å²) in [6.07, 6.45) is 3.69. The van der Waals surface area contributed by atoms with Crippen LogP contribution in [0.5, 0.6) is 0 Å². The normalized spacial score (nSPS) is 31.2. The molecule has 2 saturated heterocycles. The van der Waals surface area contributed by atoms with E-state index in [1.807, 2.05) is 0 Å². The van der Waals surface area contributed by atoms with Crippen LogP contribution in [0, 0.1) is 0 Å². The first-order chi connectivity index (χ1) is 7.43. The summed E-state index contributed by atoms with van der Waals surface area (Å²) in [5.41, 5.74) is 0. The van der Waals surface area contributed by atoms with E-state index in [1.54, 1.807) is 11.3 Å². The lowest BCUT2D eigenvalue weighted by atomic mass is 10.1. The average molecular weight is 225 g/mol. The molecule has 1 N–H and O–H groups in total. The fourth-order valence-corrected chi connectivity index (χ4v) is 3.24. The highest BCUT2D eigenvalue weighted by Gasteiger charge is 2.25. The van der Waals surface area contributed by atoms with E-state index < -0.39 is 0 Å². The molecule has 3 heterocycles. The van der Waals surface area contributed by atoms with Gasteiger partial charge in [-0.3, -0.25) is 0 Å². The molecule has 0 saturated carbocycles. The van der Waals surface area contributed by atoms with Crippen LogP contribution in [0.1, 0.15) is 41.3 Å². The van der Waals surface area contributed by atoms with Crippen molar-refractivity contribution in [3.05, 3.63) is 10.0 Å². The molecule has 0 bridgehead atoms. The Balaban J connectivity index is 1.74. The number of nitrogens with zero attached hydrogens (tertiary/aromatic N) is 2. The van der Waals surface area contributed by atoms with E-state index in [2.05, 4.69) is 15.5 Å². The molecule has 1 aromatic rings. The zero-order chi connectivity index (χ0) is 10.1. The largest absolute Gasteiger partial charge is 0.371 e. The van der Waals surface area contributed by atoms with E-state index in [1.165, 1.54) is 11.4 Å². The summed E-state index contributed by atoms with van der Waals surface area (Å²) in [5.74, 6) is 0.581. The fraction of sp³-hybridized carbons (Fsp3) is 0.800. The SMILES string of the molecule is C1COC(c2nnc(C3CCNC3)s2)C1. The molecule has 2 unspecified atom stereocenters. The Morgan fingerprint density at radius 2 is 2.20 bits per heavy atom. The van der Waals surface area contributed by atoms with E-state index in [0.29, 0.717) is 5.92 Å². The van der Waals surface area contributed by atoms with Crippen molar-refractivity contribution in [2.45, 2.75) is 31.3 Å². The van der Waals surface area contributed by atoms with Gasteiger partial charge in [0.1, 0.15) is 16.1 Å². The van der Waals surface area contributed by atoms with Crippen molar-refractivity contribution >= 4 is 11.3 Å². The molecule has 0 aliphatic carbocycles. The van der Waals surface area contributed by atoms with Crippen LogP contribution >= 0.6 is 11.3 Å². The van der Waals surface area contributed by atoms with Crippen LogP contribution in [-0.4, -0.2) is 29.9 Å². The molecule has 15 heavy (non-hydrogen) atoms. The summed E-state index contributed by atoms with van der Waals surface area (Å²) < 4.78 is 5.61. The molecule has 82 valence electrons. The minimum absolute atomic E-state index is 0.227. The zero-order valence-corrected chi connectivity index (χ0v) is 9.42. The summed E-state index contributed by atoms with van der Waals surface area (Å²) in [5, 5.41) is 14.2. The van der Waals surface area contributed by atoms with Gasteiger partial charge in [-0.05, 0) is 25.8 Å². The molecular formula is C10H15N3OS. The maximum Gasteiger partial charge on any atom is 0.146 e. The predicted octanol–water partition coefficient (Wildman–Crippen LogP) is 1.47. The monoisotopic (exact) mass is 225 g/mol. The van der Waals surface area contributed by atoms with E-state index in [0.717, 1.165) is 37.5 Å². The molecule has 2 fully saturated rings. The van der Waals surface area contributed by atoms with E-state index in [4.69, 9.17) is 4.74 Å². The maximum atomic E-state index is 5.61. The van der Waals surface area contributed by atoms with Crippen LogP contribution in [-0.2, 0) is 4.74 Å². The lowest BCUT2D eigenvalue weighted by Crippen LogP contribution is -2.07. The summed E-state index contributed by atoms with van der Waals surface area (Å²) >= 11 is 1.74. The van der Waals surface area contributed by atoms with Crippen molar-refractivity contribution in [3.8, 4) is 0 Å². The van der Waals surface area contributed by atoms with Gasteiger partial charge < -0.3 is 10.1 Å². The van der Waals surface area contributed by atoms with Crippen molar-refractivity contribution in [1.29, 1.82) is 0 Å². The number of aromatic nitrogens is 2. The Hall–Kier alpha value is -0.520. The number of rotatable bonds is 2. The van der Waals surface area contributed by atoms with Gasteiger partial charge in [-0.25, -0.2) is 0 Å². The number of ether oxygens (including phenoxy) is 1. The minimum Gasteiger partial charge on any atom is -0.371 e. The highest BCUT2D eigenvalue weighted by Crippen LogP contribution is 2.33. The van der Waals surface area contributed by atoms with Crippen molar-refractivity contribution in [1.82, 2.24) is 15.5 Å². The number of hydrogen-bond donors (Lipinski definition) is 1. The van der Waals surface area contributed by atoms with Gasteiger partial charge in [0.2, 0.25) is 0 Å². The third-order valence-corrected chi connectivity index (χ3v) is 4.25. The number of hydrogen-bond acceptors (Lipinski definition) is 5. The quantitative estimate of drug-likeness (QED) is 0.828. The Morgan fingerprint density at radius 3 is 2.93 bits per heavy atom. The Bertz CT molecular complexity index is 299. The molecule has 3 rings (SSSR count). The molecule has 4 nitrogen and oxygen atoms in total. The minimum atomic E-state index is 0.227. The molecule has 0 amide bonds. The second-order valence-electron chi connectivity index (χ2n) is 4.17. The molecule has 0 radical (unpaired) electrons. The third kappa shape index (κ3) is 1.91. The average Bonchev–Trinajstić information content (AvgIpc) is 3.02. The molecule has 0 spiro atoms. The highest BCUT2D eigenvalue weighted by molar-refractivity contribution is 7.11. The van der Waals surface area contributed by atoms with Gasteiger partial charge in [0.25, 0.3) is 0 Å². The second-order valence-corrected chi connectivity index (χ2v) is 5.21. The van der Waals surface area contributed by atoms with Gasteiger partial charge in [-0.1, -0.05) is 11.3 Å². The highest BCUT2D eigenvalue weighted by atomic mass is 32.1. The van der Waals surface area contributed by atoms with E-state index >= 15 is 0 Å². The Kier molecular flexibility index (Phi) is 2.68. The summed E-state index contributed by atoms with van der Waals surface area (Å²) in [6, 6.07) is 0. The molecule has 2 aliphatic rings. The molecular weight excluding hydrogens is 210 g/mol. The van der Waals surface area contributed by atoms with Gasteiger partial charge in [0.05, 0.1) is 0 Å². The van der Waals surface area contributed by atoms with Crippen molar-refractivity contribution < 1.29 is 4.74 Å². The standard InChI is InChI=1S/C10H15N3OS/c1-2-8(14-5-1)10-13-12-9(15-10)7-3-4-11-6-7/h7-8,11H,1-6H2. The molecule has 2 aliphatic heterocycles. The Morgan fingerprint density at radius 1 is 1.27 bits per heavy atom. The first-order valence-electron chi connectivity index (χ1n) is 5.59. The third-order valence-electron chi connectivity index (χ3n) is 3.07. The van der Waals surface area contributed by atoms with Gasteiger partial charge in [0, 0.05) is 19.1 Å². The van der Waals surface area contributed by atoms with Gasteiger partial charge in [-0.15, -0.1) is 10.2 Å². The summed E-state index contributed by atoms with van der Waals surface area (Å²) in [6.45, 7) is 3.05. The van der Waals surface area contributed by atoms with Crippen molar-refractivity contribution in [2.75, 3.05) is 19.7 Å². The molecule has 0 aromatic carbocycles. The topological polar surface area (TPSA) is 47.0 Å². The molecule has 2 atom stereocenters. The number of nitrogens with one attached hydrogen (secondary N) is 1. The first-order valence-corrected chi connectivity index (χ1v) is 6.41. The maximum absolute atomic E-state index is 5.61. The van der Waals surface area contributed by atoms with Gasteiger partial charge in [-0.2, -0.15) is 0 Å². The summed E-state index contributed by atoms with van der Waals surface area (Å²) in [4.78, 5) is 0. The van der Waals surface area contributed by atoms with Crippen molar-refractivity contribution in [3.63, 3.8) is 0 Å². The van der Waals surface area contributed by atoms with Crippen LogP contribution in [0.3, 0.4) is 0 Å². The van der Waals surface area contributed by atoms with Crippen LogP contribution in [0.25, 0.3) is 0 Å². The van der Waals surface area contributed by atoms with Crippen molar-refractivity contribution in [2.24, 2.45) is 0 Å². The first kappa shape index (κ1) is 9.69. The van der Waals surface area contributed by atoms with Crippen LogP contribution in [0.15, 0.2) is 0 Å². The lowest BCUT2D eigenvalue weighted by molar-refractivity contribution is 0.111. The fourth-order valence-electron chi connectivity index (χ4n) is 2.18. The summed E-state index contributed by atoms with van der Waals surface area (Å²) in [7, 11) is 0.